The Kier molecular flexibility index (Phi) is 1.26. The summed E-state index contributed by atoms with van der Waals surface area (Å²) < 4.78 is 1.31. The minimum atomic E-state index is -1.10. The minimum absolute atomic E-state index is 0.0805. The van der Waals surface area contributed by atoms with Crippen LogP contribution in [0.4, 0.5) is 0 Å². The molecule has 0 aromatic carbocycles. The molecule has 0 atom stereocenters. The number of nitrogens with zero attached hydrogens (tertiary/aromatic N) is 4. The van der Waals surface area contributed by atoms with Gasteiger partial charge in [-0.1, -0.05) is 0 Å². The average Bonchev–Trinajstić information content (AvgIpc) is 2.47. The third-order valence-electron chi connectivity index (χ3n) is 1.38. The first kappa shape index (κ1) is 6.71. The Balaban J connectivity index is 2.79. The molecule has 0 saturated heterocycles. The molecule has 0 aliphatic heterocycles. The van der Waals surface area contributed by atoms with Crippen LogP contribution in [0.15, 0.2) is 18.7 Å². The summed E-state index contributed by atoms with van der Waals surface area (Å²) in [5.74, 6) is -1.10. The van der Waals surface area contributed by atoms with Gasteiger partial charge in [0.25, 0.3) is 0 Å². The van der Waals surface area contributed by atoms with E-state index >= 15 is 0 Å². The average molecular weight is 164 g/mol. The van der Waals surface area contributed by atoms with Crippen molar-refractivity contribution in [2.45, 2.75) is 0 Å². The van der Waals surface area contributed by atoms with Crippen LogP contribution in [0, 0.1) is 0 Å². The van der Waals surface area contributed by atoms with Gasteiger partial charge in [0.1, 0.15) is 6.33 Å². The van der Waals surface area contributed by atoms with Crippen molar-refractivity contribution < 1.29 is 9.90 Å². The van der Waals surface area contributed by atoms with Crippen LogP contribution >= 0.6 is 0 Å². The molecule has 0 bridgehead atoms. The fourth-order valence-electron chi connectivity index (χ4n) is 0.895. The van der Waals surface area contributed by atoms with Gasteiger partial charge < -0.3 is 5.11 Å². The van der Waals surface area contributed by atoms with Crippen LogP contribution < -0.4 is 0 Å². The van der Waals surface area contributed by atoms with Crippen molar-refractivity contribution >= 4 is 11.6 Å². The van der Waals surface area contributed by atoms with E-state index in [9.17, 15) is 4.79 Å². The largest absolute Gasteiger partial charge is 0.476 e. The molecule has 12 heavy (non-hydrogen) atoms. The zero-order chi connectivity index (χ0) is 8.55. The number of hydrogen-bond donors (Lipinski definition) is 1. The molecule has 0 saturated carbocycles. The van der Waals surface area contributed by atoms with Gasteiger partial charge in [0.05, 0.1) is 6.20 Å². The highest BCUT2D eigenvalue weighted by Crippen LogP contribution is 2.02. The molecule has 0 radical (unpaired) electrons. The topological polar surface area (TPSA) is 80.4 Å². The maximum atomic E-state index is 10.5. The second-order valence-corrected chi connectivity index (χ2v) is 2.11. The van der Waals surface area contributed by atoms with Crippen LogP contribution in [0.3, 0.4) is 0 Å². The van der Waals surface area contributed by atoms with E-state index in [1.807, 2.05) is 0 Å². The monoisotopic (exact) mass is 164 g/mol. The van der Waals surface area contributed by atoms with Crippen molar-refractivity contribution in [3.05, 3.63) is 24.4 Å². The van der Waals surface area contributed by atoms with Crippen molar-refractivity contribution in [3.63, 3.8) is 0 Å². The number of fused-ring (bicyclic) bond motifs is 1. The van der Waals surface area contributed by atoms with E-state index in [-0.39, 0.29) is 11.3 Å². The second kappa shape index (κ2) is 2.26. The van der Waals surface area contributed by atoms with Crippen molar-refractivity contribution in [2.24, 2.45) is 0 Å². The van der Waals surface area contributed by atoms with Gasteiger partial charge in [-0.3, -0.25) is 0 Å². The van der Waals surface area contributed by atoms with Gasteiger partial charge in [0.2, 0.25) is 0 Å². The molecule has 0 aliphatic rings. The van der Waals surface area contributed by atoms with E-state index in [1.54, 1.807) is 0 Å². The smallest absolute Gasteiger partial charge is 0.358 e. The van der Waals surface area contributed by atoms with Gasteiger partial charge in [-0.05, 0) is 0 Å². The summed E-state index contributed by atoms with van der Waals surface area (Å²) >= 11 is 0. The Bertz CT molecular complexity index is 436. The Morgan fingerprint density at radius 2 is 2.25 bits per heavy atom. The van der Waals surface area contributed by atoms with Gasteiger partial charge >= 0.3 is 5.97 Å². The van der Waals surface area contributed by atoms with Gasteiger partial charge in [-0.15, -0.1) is 0 Å². The highest BCUT2D eigenvalue weighted by atomic mass is 16.4. The predicted octanol–water partition coefficient (Wildman–Crippen LogP) is -0.178. The third-order valence-corrected chi connectivity index (χ3v) is 1.38. The van der Waals surface area contributed by atoms with Crippen LogP contribution in [0.5, 0.6) is 0 Å². The second-order valence-electron chi connectivity index (χ2n) is 2.11. The highest BCUT2D eigenvalue weighted by Gasteiger charge is 2.12. The molecule has 2 aromatic heterocycles. The van der Waals surface area contributed by atoms with E-state index in [1.165, 1.54) is 23.2 Å². The quantitative estimate of drug-likeness (QED) is 0.632. The van der Waals surface area contributed by atoms with Crippen LogP contribution in [0.2, 0.25) is 0 Å². The van der Waals surface area contributed by atoms with Gasteiger partial charge in [-0.25, -0.2) is 19.3 Å². The lowest BCUT2D eigenvalue weighted by atomic mass is 10.5. The van der Waals surface area contributed by atoms with E-state index in [2.05, 4.69) is 15.1 Å². The summed E-state index contributed by atoms with van der Waals surface area (Å²) in [7, 11) is 0. The molecule has 2 aromatic rings. The standard InChI is InChI=1S/C6H4N4O2/c11-6(12)4-5-7-1-2-9-10(5)3-8-4/h1-3H,(H,11,12). The maximum absolute atomic E-state index is 10.5. The fourth-order valence-corrected chi connectivity index (χ4v) is 0.895. The number of imidazole rings is 1. The van der Waals surface area contributed by atoms with E-state index < -0.39 is 5.97 Å². The summed E-state index contributed by atoms with van der Waals surface area (Å²) in [5.41, 5.74) is 0.174. The maximum Gasteiger partial charge on any atom is 0.358 e. The van der Waals surface area contributed by atoms with Crippen LogP contribution in [-0.2, 0) is 0 Å². The Labute approximate surface area is 66.5 Å². The highest BCUT2D eigenvalue weighted by molar-refractivity contribution is 5.91. The SMILES string of the molecule is O=C(O)c1ncn2nccnc12. The third kappa shape index (κ3) is 0.815. The normalized spacial score (nSPS) is 10.3. The number of aromatic carboxylic acids is 1. The van der Waals surface area contributed by atoms with Gasteiger partial charge in [0, 0.05) is 6.20 Å². The molecule has 1 N–H and O–H groups in total. The molecule has 0 amide bonds. The van der Waals surface area contributed by atoms with Crippen molar-refractivity contribution in [1.29, 1.82) is 0 Å². The van der Waals surface area contributed by atoms with Crippen molar-refractivity contribution in [2.75, 3.05) is 0 Å². The molecule has 0 spiro atoms. The number of aromatic nitrogens is 4. The van der Waals surface area contributed by atoms with E-state index in [0.717, 1.165) is 0 Å². The molecular formula is C6H4N4O2. The van der Waals surface area contributed by atoms with Crippen molar-refractivity contribution in [1.82, 2.24) is 19.6 Å². The zero-order valence-corrected chi connectivity index (χ0v) is 5.88. The first-order valence-corrected chi connectivity index (χ1v) is 3.16. The lowest BCUT2D eigenvalue weighted by Crippen LogP contribution is -1.99. The Morgan fingerprint density at radius 3 is 3.00 bits per heavy atom. The summed E-state index contributed by atoms with van der Waals surface area (Å²) in [6, 6.07) is 0. The number of rotatable bonds is 1. The van der Waals surface area contributed by atoms with Gasteiger partial charge in [-0.2, -0.15) is 5.10 Å². The van der Waals surface area contributed by atoms with Crippen LogP contribution in [-0.4, -0.2) is 30.7 Å². The molecule has 6 heteroatoms. The Hall–Kier alpha value is -1.98. The van der Waals surface area contributed by atoms with Gasteiger partial charge in [0.15, 0.2) is 11.3 Å². The molecule has 6 nitrogen and oxygen atoms in total. The fraction of sp³-hybridized carbons (Fsp3) is 0. The molecule has 0 unspecified atom stereocenters. The molecule has 0 fully saturated rings. The molecule has 0 aliphatic carbocycles. The first-order chi connectivity index (χ1) is 5.79. The lowest BCUT2D eigenvalue weighted by molar-refractivity contribution is 0.0693. The summed E-state index contributed by atoms with van der Waals surface area (Å²) in [6.07, 6.45) is 4.19. The molecule has 60 valence electrons. The number of carbonyl (C=O) groups is 1. The summed E-state index contributed by atoms with van der Waals surface area (Å²) in [5, 5.41) is 12.4. The molecular weight excluding hydrogens is 160 g/mol. The van der Waals surface area contributed by atoms with Crippen LogP contribution in [0.1, 0.15) is 10.5 Å². The summed E-state index contributed by atoms with van der Waals surface area (Å²) in [6.45, 7) is 0. The van der Waals surface area contributed by atoms with Crippen molar-refractivity contribution in [3.8, 4) is 0 Å². The summed E-state index contributed by atoms with van der Waals surface area (Å²) in [4.78, 5) is 18.0. The predicted molar refractivity (Wildman–Crippen MR) is 37.7 cm³/mol. The number of carboxylic acids is 1. The number of hydrogen-bond acceptors (Lipinski definition) is 4. The Morgan fingerprint density at radius 1 is 1.42 bits per heavy atom. The van der Waals surface area contributed by atoms with E-state index in [0.29, 0.717) is 0 Å². The minimum Gasteiger partial charge on any atom is -0.476 e. The van der Waals surface area contributed by atoms with Crippen LogP contribution in [0.25, 0.3) is 5.65 Å². The molecule has 2 rings (SSSR count). The number of carboxylic acid groups (broad SMARTS) is 1. The lowest BCUT2D eigenvalue weighted by Gasteiger charge is -1.89. The zero-order valence-electron chi connectivity index (χ0n) is 5.88. The van der Waals surface area contributed by atoms with E-state index in [4.69, 9.17) is 5.11 Å². The molecule has 2 heterocycles. The first-order valence-electron chi connectivity index (χ1n) is 3.16.